The second-order valence-electron chi connectivity index (χ2n) is 6.14. The van der Waals surface area contributed by atoms with E-state index in [9.17, 15) is 4.79 Å². The summed E-state index contributed by atoms with van der Waals surface area (Å²) < 4.78 is 5.50. The van der Waals surface area contributed by atoms with Gasteiger partial charge in [0.15, 0.2) is 0 Å². The minimum atomic E-state index is -0.377. The maximum absolute atomic E-state index is 13.3. The lowest BCUT2D eigenvalue weighted by molar-refractivity contribution is -0.134. The zero-order valence-electron chi connectivity index (χ0n) is 13.7. The minimum absolute atomic E-state index is 0.245. The van der Waals surface area contributed by atoms with Gasteiger partial charge in [-0.2, -0.15) is 11.3 Å². The Labute approximate surface area is 141 Å². The van der Waals surface area contributed by atoms with Crippen LogP contribution in [0.2, 0.25) is 0 Å². The SMILES string of the molecule is CCCN(Cc1ccsc1)C(=O)C1(c2ccccc2OC)CC1. The predicted molar refractivity (Wildman–Crippen MR) is 93.9 cm³/mol. The second kappa shape index (κ2) is 6.75. The molecule has 0 saturated heterocycles. The summed E-state index contributed by atoms with van der Waals surface area (Å²) in [7, 11) is 1.68. The molecule has 3 rings (SSSR count). The van der Waals surface area contributed by atoms with Crippen molar-refractivity contribution in [2.24, 2.45) is 0 Å². The molecular weight excluding hydrogens is 306 g/mol. The first kappa shape index (κ1) is 16.1. The van der Waals surface area contributed by atoms with Crippen LogP contribution in [-0.4, -0.2) is 24.5 Å². The summed E-state index contributed by atoms with van der Waals surface area (Å²) in [5, 5.41) is 4.19. The molecule has 0 aliphatic heterocycles. The van der Waals surface area contributed by atoms with Crippen LogP contribution in [0.25, 0.3) is 0 Å². The van der Waals surface area contributed by atoms with Gasteiger partial charge in [-0.1, -0.05) is 25.1 Å². The third kappa shape index (κ3) is 3.13. The van der Waals surface area contributed by atoms with Crippen molar-refractivity contribution in [3.63, 3.8) is 0 Å². The molecule has 3 nitrogen and oxygen atoms in total. The van der Waals surface area contributed by atoms with Crippen LogP contribution >= 0.6 is 11.3 Å². The number of carbonyl (C=O) groups excluding carboxylic acids is 1. The van der Waals surface area contributed by atoms with Crippen molar-refractivity contribution >= 4 is 17.2 Å². The number of hydrogen-bond acceptors (Lipinski definition) is 3. The van der Waals surface area contributed by atoms with Crippen LogP contribution in [-0.2, 0) is 16.8 Å². The smallest absolute Gasteiger partial charge is 0.233 e. The third-order valence-electron chi connectivity index (χ3n) is 4.52. The van der Waals surface area contributed by atoms with Gasteiger partial charge in [0.25, 0.3) is 0 Å². The molecule has 122 valence electrons. The molecule has 4 heteroatoms. The third-order valence-corrected chi connectivity index (χ3v) is 5.25. The Morgan fingerprint density at radius 3 is 2.70 bits per heavy atom. The van der Waals surface area contributed by atoms with Crippen LogP contribution < -0.4 is 4.74 Å². The summed E-state index contributed by atoms with van der Waals surface area (Å²) >= 11 is 1.68. The second-order valence-corrected chi connectivity index (χ2v) is 6.92. The maximum Gasteiger partial charge on any atom is 0.233 e. The Bertz CT molecular complexity index is 662. The lowest BCUT2D eigenvalue weighted by Gasteiger charge is -2.28. The molecule has 23 heavy (non-hydrogen) atoms. The fourth-order valence-electron chi connectivity index (χ4n) is 3.19. The Morgan fingerprint density at radius 2 is 2.09 bits per heavy atom. The highest BCUT2D eigenvalue weighted by Gasteiger charge is 2.54. The van der Waals surface area contributed by atoms with Crippen molar-refractivity contribution in [3.05, 3.63) is 52.2 Å². The van der Waals surface area contributed by atoms with Gasteiger partial charge in [0, 0.05) is 18.7 Å². The van der Waals surface area contributed by atoms with Gasteiger partial charge >= 0.3 is 0 Å². The summed E-state index contributed by atoms with van der Waals surface area (Å²) in [5.41, 5.74) is 1.88. The van der Waals surface area contributed by atoms with Crippen molar-refractivity contribution in [2.45, 2.75) is 38.1 Å². The number of para-hydroxylation sites is 1. The van der Waals surface area contributed by atoms with E-state index in [1.165, 1.54) is 5.56 Å². The molecule has 1 amide bonds. The van der Waals surface area contributed by atoms with Crippen LogP contribution in [0.3, 0.4) is 0 Å². The molecule has 1 heterocycles. The van der Waals surface area contributed by atoms with Crippen molar-refractivity contribution in [3.8, 4) is 5.75 Å². The first-order valence-corrected chi connectivity index (χ1v) is 9.09. The quantitative estimate of drug-likeness (QED) is 0.761. The van der Waals surface area contributed by atoms with Crippen molar-refractivity contribution in [2.75, 3.05) is 13.7 Å². The van der Waals surface area contributed by atoms with E-state index in [1.807, 2.05) is 29.2 Å². The number of rotatable bonds is 7. The highest BCUT2D eigenvalue weighted by Crippen LogP contribution is 2.52. The van der Waals surface area contributed by atoms with Gasteiger partial charge in [0.2, 0.25) is 5.91 Å². The number of ether oxygens (including phenoxy) is 1. The Kier molecular flexibility index (Phi) is 4.71. The highest BCUT2D eigenvalue weighted by molar-refractivity contribution is 7.07. The largest absolute Gasteiger partial charge is 0.496 e. The van der Waals surface area contributed by atoms with E-state index in [-0.39, 0.29) is 11.3 Å². The zero-order valence-corrected chi connectivity index (χ0v) is 14.6. The molecule has 1 aromatic carbocycles. The topological polar surface area (TPSA) is 29.5 Å². The van der Waals surface area contributed by atoms with E-state index in [0.29, 0.717) is 6.54 Å². The lowest BCUT2D eigenvalue weighted by atomic mass is 9.93. The van der Waals surface area contributed by atoms with E-state index < -0.39 is 0 Å². The Balaban J connectivity index is 1.87. The molecule has 0 radical (unpaired) electrons. The number of benzene rings is 1. The van der Waals surface area contributed by atoms with Gasteiger partial charge in [0.05, 0.1) is 12.5 Å². The van der Waals surface area contributed by atoms with Gasteiger partial charge in [-0.25, -0.2) is 0 Å². The van der Waals surface area contributed by atoms with E-state index in [4.69, 9.17) is 4.74 Å². The molecular formula is C19H23NO2S. The Hall–Kier alpha value is -1.81. The van der Waals surface area contributed by atoms with Gasteiger partial charge < -0.3 is 9.64 Å². The normalized spacial score (nSPS) is 15.2. The molecule has 1 aliphatic carbocycles. The molecule has 1 fully saturated rings. The zero-order chi connectivity index (χ0) is 16.3. The fraction of sp³-hybridized carbons (Fsp3) is 0.421. The molecule has 1 aliphatic rings. The molecule has 0 bridgehead atoms. The highest BCUT2D eigenvalue weighted by atomic mass is 32.1. The van der Waals surface area contributed by atoms with Crippen LogP contribution in [0.1, 0.15) is 37.3 Å². The standard InChI is InChI=1S/C19H23NO2S/c1-3-11-20(13-15-8-12-23-14-15)18(21)19(9-10-19)16-6-4-5-7-17(16)22-2/h4-8,12,14H,3,9-11,13H2,1-2H3. The van der Waals surface area contributed by atoms with Crippen LogP contribution in [0.5, 0.6) is 5.75 Å². The molecule has 0 N–H and O–H groups in total. The molecule has 1 saturated carbocycles. The average Bonchev–Trinajstić information content (AvgIpc) is 3.23. The van der Waals surface area contributed by atoms with Crippen LogP contribution in [0.15, 0.2) is 41.1 Å². The Morgan fingerprint density at radius 1 is 1.30 bits per heavy atom. The first-order chi connectivity index (χ1) is 11.2. The monoisotopic (exact) mass is 329 g/mol. The van der Waals surface area contributed by atoms with Gasteiger partial charge in [0.1, 0.15) is 5.75 Å². The van der Waals surface area contributed by atoms with Gasteiger partial charge in [-0.15, -0.1) is 0 Å². The maximum atomic E-state index is 13.3. The van der Waals surface area contributed by atoms with E-state index in [1.54, 1.807) is 18.4 Å². The van der Waals surface area contributed by atoms with Crippen molar-refractivity contribution in [1.82, 2.24) is 4.90 Å². The van der Waals surface area contributed by atoms with Gasteiger partial charge in [-0.3, -0.25) is 4.79 Å². The fourth-order valence-corrected chi connectivity index (χ4v) is 3.85. The number of methoxy groups -OCH3 is 1. The van der Waals surface area contributed by atoms with E-state index in [2.05, 4.69) is 23.8 Å². The molecule has 1 aromatic heterocycles. The summed E-state index contributed by atoms with van der Waals surface area (Å²) in [6.07, 6.45) is 2.80. The number of nitrogens with zero attached hydrogens (tertiary/aromatic N) is 1. The predicted octanol–water partition coefficient (Wildman–Crippen LogP) is 4.23. The number of hydrogen-bond donors (Lipinski definition) is 0. The number of thiophene rings is 1. The van der Waals surface area contributed by atoms with Crippen molar-refractivity contribution in [1.29, 1.82) is 0 Å². The van der Waals surface area contributed by atoms with Crippen LogP contribution in [0.4, 0.5) is 0 Å². The van der Waals surface area contributed by atoms with Crippen molar-refractivity contribution < 1.29 is 9.53 Å². The van der Waals surface area contributed by atoms with Gasteiger partial charge in [-0.05, 0) is 47.7 Å². The molecule has 0 unspecified atom stereocenters. The lowest BCUT2D eigenvalue weighted by Crippen LogP contribution is -2.39. The first-order valence-electron chi connectivity index (χ1n) is 8.15. The van der Waals surface area contributed by atoms with E-state index >= 15 is 0 Å². The summed E-state index contributed by atoms with van der Waals surface area (Å²) in [5.74, 6) is 1.07. The summed E-state index contributed by atoms with van der Waals surface area (Å²) in [6, 6.07) is 10.0. The molecule has 0 spiro atoms. The average molecular weight is 329 g/mol. The summed E-state index contributed by atoms with van der Waals surface area (Å²) in [4.78, 5) is 15.3. The van der Waals surface area contributed by atoms with E-state index in [0.717, 1.165) is 37.1 Å². The summed E-state index contributed by atoms with van der Waals surface area (Å²) in [6.45, 7) is 3.62. The molecule has 0 atom stereocenters. The number of carbonyl (C=O) groups is 1. The van der Waals surface area contributed by atoms with Crippen LogP contribution in [0, 0.1) is 0 Å². The molecule has 2 aromatic rings. The number of amides is 1. The minimum Gasteiger partial charge on any atom is -0.496 e.